The van der Waals surface area contributed by atoms with E-state index in [1.807, 2.05) is 30.3 Å². The van der Waals surface area contributed by atoms with Gasteiger partial charge in [-0.2, -0.15) is 0 Å². The van der Waals surface area contributed by atoms with E-state index in [2.05, 4.69) is 20.2 Å². The van der Waals surface area contributed by atoms with Crippen molar-refractivity contribution in [3.8, 4) is 0 Å². The lowest BCUT2D eigenvalue weighted by molar-refractivity contribution is 0.598. The van der Waals surface area contributed by atoms with Crippen molar-refractivity contribution in [1.82, 2.24) is 10.2 Å². The molecule has 6 nitrogen and oxygen atoms in total. The normalized spacial score (nSPS) is 11.1. The average molecular weight is 386 g/mol. The molecule has 0 amide bonds. The molecule has 0 spiro atoms. The van der Waals surface area contributed by atoms with E-state index in [4.69, 9.17) is 0 Å². The van der Waals surface area contributed by atoms with Crippen LogP contribution >= 0.6 is 0 Å². The van der Waals surface area contributed by atoms with Crippen LogP contribution in [-0.2, 0) is 16.4 Å². The lowest BCUT2D eigenvalue weighted by Gasteiger charge is -2.09. The molecule has 0 aliphatic heterocycles. The predicted molar refractivity (Wildman–Crippen MR) is 104 cm³/mol. The maximum atomic E-state index is 13.6. The Morgan fingerprint density at radius 3 is 2.22 bits per heavy atom. The highest BCUT2D eigenvalue weighted by Gasteiger charge is 2.12. The highest BCUT2D eigenvalue weighted by molar-refractivity contribution is 7.92. The molecule has 1 heterocycles. The second-order valence-electron chi connectivity index (χ2n) is 5.92. The molecule has 8 heteroatoms. The van der Waals surface area contributed by atoms with Crippen LogP contribution in [0.25, 0.3) is 0 Å². The molecular formula is C19H19FN4O2S. The molecule has 2 N–H and O–H groups in total. The van der Waals surface area contributed by atoms with Gasteiger partial charge in [0.2, 0.25) is 10.0 Å². The zero-order valence-corrected chi connectivity index (χ0v) is 15.3. The van der Waals surface area contributed by atoms with Crippen LogP contribution in [-0.4, -0.2) is 24.4 Å². The third kappa shape index (κ3) is 5.75. The zero-order valence-electron chi connectivity index (χ0n) is 14.5. The first-order valence-electron chi connectivity index (χ1n) is 8.41. The molecule has 0 saturated carbocycles. The summed E-state index contributed by atoms with van der Waals surface area (Å²) < 4.78 is 40.4. The molecule has 0 aliphatic carbocycles. The third-order valence-electron chi connectivity index (χ3n) is 3.78. The van der Waals surface area contributed by atoms with Gasteiger partial charge in [0.15, 0.2) is 11.6 Å². The van der Waals surface area contributed by atoms with Crippen molar-refractivity contribution in [2.45, 2.75) is 12.8 Å². The minimum atomic E-state index is -3.52. The van der Waals surface area contributed by atoms with E-state index in [0.717, 1.165) is 5.56 Å². The fraction of sp³-hybridized carbons (Fsp3) is 0.158. The molecule has 0 fully saturated rings. The van der Waals surface area contributed by atoms with Gasteiger partial charge in [0, 0.05) is 0 Å². The molecule has 0 bridgehead atoms. The highest BCUT2D eigenvalue weighted by atomic mass is 32.2. The number of halogens is 1. The molecule has 3 rings (SSSR count). The van der Waals surface area contributed by atoms with Gasteiger partial charge in [-0.25, -0.2) is 12.8 Å². The van der Waals surface area contributed by atoms with Gasteiger partial charge in [-0.3, -0.25) is 4.72 Å². The summed E-state index contributed by atoms with van der Waals surface area (Å²) in [7, 11) is -3.52. The van der Waals surface area contributed by atoms with Crippen molar-refractivity contribution in [3.05, 3.63) is 78.1 Å². The molecule has 27 heavy (non-hydrogen) atoms. The number of aromatic nitrogens is 2. The Morgan fingerprint density at radius 1 is 0.852 bits per heavy atom. The molecular weight excluding hydrogens is 367 g/mol. The lowest BCUT2D eigenvalue weighted by Crippen LogP contribution is -2.18. The van der Waals surface area contributed by atoms with Crippen molar-refractivity contribution >= 4 is 27.3 Å². The van der Waals surface area contributed by atoms with Gasteiger partial charge in [-0.1, -0.05) is 42.5 Å². The van der Waals surface area contributed by atoms with Gasteiger partial charge in [-0.05, 0) is 42.7 Å². The fourth-order valence-corrected chi connectivity index (χ4v) is 3.53. The van der Waals surface area contributed by atoms with Crippen molar-refractivity contribution in [2.24, 2.45) is 0 Å². The predicted octanol–water partition coefficient (Wildman–Crippen LogP) is 3.73. The van der Waals surface area contributed by atoms with Crippen LogP contribution in [0.2, 0.25) is 0 Å². The van der Waals surface area contributed by atoms with Crippen LogP contribution in [0, 0.1) is 5.82 Å². The number of rotatable bonds is 8. The third-order valence-corrected chi connectivity index (χ3v) is 5.13. The molecule has 1 aromatic heterocycles. The van der Waals surface area contributed by atoms with E-state index in [-0.39, 0.29) is 17.3 Å². The van der Waals surface area contributed by atoms with Crippen LogP contribution in [0.1, 0.15) is 12.0 Å². The van der Waals surface area contributed by atoms with Crippen LogP contribution in [0.5, 0.6) is 0 Å². The number of anilines is 3. The number of para-hydroxylation sites is 1. The quantitative estimate of drug-likeness (QED) is 0.616. The Balaban J connectivity index is 1.54. The smallest absolute Gasteiger partial charge is 0.233 e. The number of hydrogen-bond donors (Lipinski definition) is 2. The van der Waals surface area contributed by atoms with Gasteiger partial charge in [0.25, 0.3) is 0 Å². The summed E-state index contributed by atoms with van der Waals surface area (Å²) in [5.41, 5.74) is 1.36. The number of nitrogens with zero attached hydrogens (tertiary/aromatic N) is 2. The Bertz CT molecular complexity index is 980. The summed E-state index contributed by atoms with van der Waals surface area (Å²) >= 11 is 0. The first-order chi connectivity index (χ1) is 13.0. The van der Waals surface area contributed by atoms with Crippen molar-refractivity contribution in [3.63, 3.8) is 0 Å². The van der Waals surface area contributed by atoms with Gasteiger partial charge in [0.05, 0.1) is 11.4 Å². The highest BCUT2D eigenvalue weighted by Crippen LogP contribution is 2.18. The number of sulfonamides is 1. The monoisotopic (exact) mass is 386 g/mol. The minimum Gasteiger partial charge on any atom is -0.336 e. The van der Waals surface area contributed by atoms with Crippen LogP contribution < -0.4 is 10.0 Å². The van der Waals surface area contributed by atoms with Gasteiger partial charge < -0.3 is 5.32 Å². The molecule has 2 aromatic carbocycles. The standard InChI is InChI=1S/C19H19FN4O2S/c20-16-10-4-5-11-17(16)21-18-12-13-19(23-22-18)24-27(25,26)14-6-9-15-7-2-1-3-8-15/h1-5,7-8,10-13H,6,9,14H2,(H,21,22)(H,23,24). The number of aryl methyl sites for hydroxylation is 1. The van der Waals surface area contributed by atoms with E-state index in [9.17, 15) is 12.8 Å². The summed E-state index contributed by atoms with van der Waals surface area (Å²) in [5, 5.41) is 10.5. The minimum absolute atomic E-state index is 0.0151. The maximum absolute atomic E-state index is 13.6. The Morgan fingerprint density at radius 2 is 1.52 bits per heavy atom. The molecule has 0 saturated heterocycles. The largest absolute Gasteiger partial charge is 0.336 e. The van der Waals surface area contributed by atoms with E-state index in [1.165, 1.54) is 18.2 Å². The SMILES string of the molecule is O=S(=O)(CCCc1ccccc1)Nc1ccc(Nc2ccccc2F)nn1. The first-order valence-corrected chi connectivity index (χ1v) is 10.1. The van der Waals surface area contributed by atoms with Gasteiger partial charge in [-0.15, -0.1) is 10.2 Å². The Hall–Kier alpha value is -3.00. The van der Waals surface area contributed by atoms with Crippen molar-refractivity contribution in [2.75, 3.05) is 15.8 Å². The number of hydrogen-bond acceptors (Lipinski definition) is 5. The fourth-order valence-electron chi connectivity index (χ4n) is 2.48. The van der Waals surface area contributed by atoms with Crippen LogP contribution in [0.3, 0.4) is 0 Å². The Labute approximate surface area is 157 Å². The lowest BCUT2D eigenvalue weighted by atomic mass is 10.1. The molecule has 0 aliphatic rings. The van der Waals surface area contributed by atoms with Gasteiger partial charge in [0.1, 0.15) is 5.82 Å². The van der Waals surface area contributed by atoms with E-state index in [1.54, 1.807) is 18.2 Å². The molecule has 3 aromatic rings. The van der Waals surface area contributed by atoms with Crippen molar-refractivity contribution < 1.29 is 12.8 Å². The molecule has 0 radical (unpaired) electrons. The summed E-state index contributed by atoms with van der Waals surface area (Å²) in [6, 6.07) is 18.9. The van der Waals surface area contributed by atoms with Gasteiger partial charge >= 0.3 is 0 Å². The van der Waals surface area contributed by atoms with Crippen molar-refractivity contribution in [1.29, 1.82) is 0 Å². The number of nitrogens with one attached hydrogen (secondary N) is 2. The van der Waals surface area contributed by atoms with E-state index in [0.29, 0.717) is 18.7 Å². The van der Waals surface area contributed by atoms with Crippen LogP contribution in [0.15, 0.2) is 66.7 Å². The summed E-state index contributed by atoms with van der Waals surface area (Å²) in [5.74, 6) is 0.00197. The Kier molecular flexibility index (Phi) is 5.97. The molecule has 140 valence electrons. The molecule has 0 atom stereocenters. The summed E-state index contributed by atoms with van der Waals surface area (Å²) in [6.45, 7) is 0. The second-order valence-corrected chi connectivity index (χ2v) is 7.76. The average Bonchev–Trinajstić information content (AvgIpc) is 2.66. The summed E-state index contributed by atoms with van der Waals surface area (Å²) in [6.07, 6.45) is 1.18. The second kappa shape index (κ2) is 8.59. The zero-order chi connectivity index (χ0) is 19.1. The first kappa shape index (κ1) is 18.8. The summed E-state index contributed by atoms with van der Waals surface area (Å²) in [4.78, 5) is 0. The van der Waals surface area contributed by atoms with E-state index >= 15 is 0 Å². The topological polar surface area (TPSA) is 84.0 Å². The number of benzene rings is 2. The van der Waals surface area contributed by atoms with Crippen LogP contribution in [0.4, 0.5) is 21.7 Å². The maximum Gasteiger partial charge on any atom is 0.233 e. The molecule has 0 unspecified atom stereocenters. The van der Waals surface area contributed by atoms with E-state index < -0.39 is 15.8 Å².